The summed E-state index contributed by atoms with van der Waals surface area (Å²) in [7, 11) is 1.63. The second-order valence-electron chi connectivity index (χ2n) is 5.35. The van der Waals surface area contributed by atoms with E-state index in [0.29, 0.717) is 0 Å². The van der Waals surface area contributed by atoms with Gasteiger partial charge in [0.2, 0.25) is 0 Å². The van der Waals surface area contributed by atoms with Crippen molar-refractivity contribution in [2.75, 3.05) is 12.4 Å². The highest BCUT2D eigenvalue weighted by atomic mass is 16.5. The Hall–Kier alpha value is -2.47. The van der Waals surface area contributed by atoms with Crippen LogP contribution in [0.4, 0.5) is 5.69 Å². The first-order chi connectivity index (χ1) is 10.3. The van der Waals surface area contributed by atoms with Crippen LogP contribution in [0.5, 0.6) is 5.75 Å². The minimum absolute atomic E-state index is 0.380. The molecule has 0 aromatic heterocycles. The zero-order valence-corrected chi connectivity index (χ0v) is 12.0. The maximum Gasteiger partial charge on any atom is 0.141 e. The minimum Gasteiger partial charge on any atom is -0.495 e. The van der Waals surface area contributed by atoms with E-state index in [4.69, 9.17) is 4.74 Å². The first kappa shape index (κ1) is 13.5. The summed E-state index contributed by atoms with van der Waals surface area (Å²) < 4.78 is 5.31. The predicted molar refractivity (Wildman–Crippen MR) is 83.4 cm³/mol. The van der Waals surface area contributed by atoms with Crippen LogP contribution in [0.3, 0.4) is 0 Å². The van der Waals surface area contributed by atoms with E-state index >= 15 is 0 Å². The number of nitrogens with one attached hydrogen (secondary N) is 1. The lowest BCUT2D eigenvalue weighted by Crippen LogP contribution is -2.09. The van der Waals surface area contributed by atoms with Gasteiger partial charge in [-0.25, -0.2) is 0 Å². The quantitative estimate of drug-likeness (QED) is 0.889. The molecule has 1 aliphatic carbocycles. The number of hydrogen-bond donors (Lipinski definition) is 1. The summed E-state index contributed by atoms with van der Waals surface area (Å²) in [5.74, 6) is 1.48. The standard InChI is InChI=1S/C18H18N2O/c1-21-18-5-3-2-4-16(18)20-17(12-19)15-10-8-14(9-11-15)13-6-7-13/h2-5,8-11,13,17,20H,6-7H2,1H3. The third-order valence-electron chi connectivity index (χ3n) is 3.85. The molecule has 2 aromatic carbocycles. The first-order valence-corrected chi connectivity index (χ1v) is 7.21. The number of nitrogens with zero attached hydrogens (tertiary/aromatic N) is 1. The molecule has 0 bridgehead atoms. The zero-order valence-electron chi connectivity index (χ0n) is 12.0. The van der Waals surface area contributed by atoms with Gasteiger partial charge in [-0.15, -0.1) is 0 Å². The van der Waals surface area contributed by atoms with Gasteiger partial charge in [0.05, 0.1) is 18.9 Å². The van der Waals surface area contributed by atoms with Crippen LogP contribution in [-0.2, 0) is 0 Å². The Bertz CT molecular complexity index is 654. The van der Waals surface area contributed by atoms with Gasteiger partial charge in [-0.1, -0.05) is 36.4 Å². The highest BCUT2D eigenvalue weighted by molar-refractivity contribution is 5.58. The monoisotopic (exact) mass is 278 g/mol. The predicted octanol–water partition coefficient (Wildman–Crippen LogP) is 4.25. The van der Waals surface area contributed by atoms with Gasteiger partial charge < -0.3 is 10.1 Å². The van der Waals surface area contributed by atoms with E-state index in [1.807, 2.05) is 36.4 Å². The van der Waals surface area contributed by atoms with Crippen LogP contribution in [0, 0.1) is 11.3 Å². The van der Waals surface area contributed by atoms with E-state index in [1.54, 1.807) is 7.11 Å². The second-order valence-corrected chi connectivity index (χ2v) is 5.35. The van der Waals surface area contributed by atoms with Gasteiger partial charge >= 0.3 is 0 Å². The molecule has 1 unspecified atom stereocenters. The van der Waals surface area contributed by atoms with E-state index in [2.05, 4.69) is 23.5 Å². The maximum absolute atomic E-state index is 9.44. The average molecular weight is 278 g/mol. The molecule has 2 aromatic rings. The molecule has 0 aliphatic heterocycles. The van der Waals surface area contributed by atoms with Crippen molar-refractivity contribution < 1.29 is 4.74 Å². The molecule has 3 rings (SSSR count). The Morgan fingerprint density at radius 2 is 1.86 bits per heavy atom. The number of ether oxygens (including phenoxy) is 1. The van der Waals surface area contributed by atoms with Crippen LogP contribution in [0.25, 0.3) is 0 Å². The molecular formula is C18H18N2O. The number of rotatable bonds is 5. The van der Waals surface area contributed by atoms with Crippen molar-refractivity contribution in [3.63, 3.8) is 0 Å². The van der Waals surface area contributed by atoms with Gasteiger partial charge in [-0.05, 0) is 42.0 Å². The Labute approximate surface area is 125 Å². The van der Waals surface area contributed by atoms with Gasteiger partial charge in [-0.2, -0.15) is 5.26 Å². The average Bonchev–Trinajstić information content (AvgIpc) is 3.38. The molecule has 0 saturated heterocycles. The van der Waals surface area contributed by atoms with Gasteiger partial charge in [0.1, 0.15) is 11.8 Å². The maximum atomic E-state index is 9.44. The van der Waals surface area contributed by atoms with Crippen molar-refractivity contribution >= 4 is 5.69 Å². The van der Waals surface area contributed by atoms with Crippen molar-refractivity contribution in [3.05, 3.63) is 59.7 Å². The molecule has 1 aliphatic rings. The van der Waals surface area contributed by atoms with Crippen LogP contribution < -0.4 is 10.1 Å². The molecule has 1 saturated carbocycles. The minimum atomic E-state index is -0.380. The second kappa shape index (κ2) is 5.88. The van der Waals surface area contributed by atoms with E-state index in [0.717, 1.165) is 22.9 Å². The molecule has 21 heavy (non-hydrogen) atoms. The highest BCUT2D eigenvalue weighted by Crippen LogP contribution is 2.40. The van der Waals surface area contributed by atoms with Crippen LogP contribution in [0.15, 0.2) is 48.5 Å². The van der Waals surface area contributed by atoms with Crippen LogP contribution in [0.1, 0.15) is 35.9 Å². The topological polar surface area (TPSA) is 45.0 Å². The fourth-order valence-electron chi connectivity index (χ4n) is 2.49. The SMILES string of the molecule is COc1ccccc1NC(C#N)c1ccc(C2CC2)cc1. The van der Waals surface area contributed by atoms with Gasteiger partial charge in [-0.3, -0.25) is 0 Å². The number of para-hydroxylation sites is 2. The third kappa shape index (κ3) is 3.00. The largest absolute Gasteiger partial charge is 0.495 e. The lowest BCUT2D eigenvalue weighted by molar-refractivity contribution is 0.416. The lowest BCUT2D eigenvalue weighted by Gasteiger charge is -2.16. The number of anilines is 1. The molecule has 0 radical (unpaired) electrons. The summed E-state index contributed by atoms with van der Waals surface area (Å²) in [4.78, 5) is 0. The summed E-state index contributed by atoms with van der Waals surface area (Å²) in [6, 6.07) is 17.9. The van der Waals surface area contributed by atoms with Gasteiger partial charge in [0.15, 0.2) is 0 Å². The lowest BCUT2D eigenvalue weighted by atomic mass is 10.0. The molecule has 3 heteroatoms. The summed E-state index contributed by atoms with van der Waals surface area (Å²) in [6.07, 6.45) is 2.58. The summed E-state index contributed by atoms with van der Waals surface area (Å²) >= 11 is 0. The van der Waals surface area contributed by atoms with Crippen molar-refractivity contribution in [2.24, 2.45) is 0 Å². The Morgan fingerprint density at radius 1 is 1.14 bits per heavy atom. The Morgan fingerprint density at radius 3 is 2.48 bits per heavy atom. The normalized spacial score (nSPS) is 15.0. The smallest absolute Gasteiger partial charge is 0.141 e. The van der Waals surface area contributed by atoms with E-state index in [1.165, 1.54) is 18.4 Å². The Balaban J connectivity index is 1.79. The fourth-order valence-corrected chi connectivity index (χ4v) is 2.49. The fraction of sp³-hybridized carbons (Fsp3) is 0.278. The number of benzene rings is 2. The molecule has 1 fully saturated rings. The highest BCUT2D eigenvalue weighted by Gasteiger charge is 2.23. The summed E-state index contributed by atoms with van der Waals surface area (Å²) in [5.41, 5.74) is 3.19. The number of nitriles is 1. The van der Waals surface area contributed by atoms with E-state index < -0.39 is 0 Å². The van der Waals surface area contributed by atoms with Crippen molar-refractivity contribution in [3.8, 4) is 11.8 Å². The Kier molecular flexibility index (Phi) is 3.79. The van der Waals surface area contributed by atoms with Crippen LogP contribution in [0.2, 0.25) is 0 Å². The van der Waals surface area contributed by atoms with E-state index in [9.17, 15) is 5.26 Å². The van der Waals surface area contributed by atoms with Gasteiger partial charge in [0, 0.05) is 0 Å². The third-order valence-corrected chi connectivity index (χ3v) is 3.85. The number of hydrogen-bond acceptors (Lipinski definition) is 3. The molecule has 0 amide bonds. The zero-order chi connectivity index (χ0) is 14.7. The molecule has 1 atom stereocenters. The van der Waals surface area contributed by atoms with Gasteiger partial charge in [0.25, 0.3) is 0 Å². The van der Waals surface area contributed by atoms with E-state index in [-0.39, 0.29) is 6.04 Å². The van der Waals surface area contributed by atoms with Crippen molar-refractivity contribution in [1.82, 2.24) is 0 Å². The molecule has 1 N–H and O–H groups in total. The molecular weight excluding hydrogens is 260 g/mol. The molecule has 0 spiro atoms. The molecule has 3 nitrogen and oxygen atoms in total. The van der Waals surface area contributed by atoms with Crippen molar-refractivity contribution in [1.29, 1.82) is 5.26 Å². The molecule has 106 valence electrons. The first-order valence-electron chi connectivity index (χ1n) is 7.21. The van der Waals surface area contributed by atoms with Crippen LogP contribution >= 0.6 is 0 Å². The number of methoxy groups -OCH3 is 1. The van der Waals surface area contributed by atoms with Crippen molar-refractivity contribution in [2.45, 2.75) is 24.8 Å². The van der Waals surface area contributed by atoms with Crippen LogP contribution in [-0.4, -0.2) is 7.11 Å². The summed E-state index contributed by atoms with van der Waals surface area (Å²) in [6.45, 7) is 0. The summed E-state index contributed by atoms with van der Waals surface area (Å²) in [5, 5.41) is 12.7. The molecule has 0 heterocycles.